The average Bonchev–Trinajstić information content (AvgIpc) is 3.35. The molecule has 0 aromatic heterocycles. The summed E-state index contributed by atoms with van der Waals surface area (Å²) in [6.45, 7) is 4.57. The first-order valence-corrected chi connectivity index (χ1v) is 13.0. The highest BCUT2D eigenvalue weighted by Gasteiger charge is 2.57. The van der Waals surface area contributed by atoms with Crippen molar-refractivity contribution >= 4 is 0 Å². The summed E-state index contributed by atoms with van der Waals surface area (Å²) in [5.74, 6) is 5.31. The van der Waals surface area contributed by atoms with Crippen molar-refractivity contribution < 1.29 is 9.47 Å². The molecule has 0 heterocycles. The molecule has 6 saturated carbocycles. The molecule has 0 radical (unpaired) electrons. The molecule has 2 heteroatoms. The van der Waals surface area contributed by atoms with Gasteiger partial charge in [0, 0.05) is 5.41 Å². The lowest BCUT2D eigenvalue weighted by molar-refractivity contribution is -0.264. The molecule has 30 heavy (non-hydrogen) atoms. The van der Waals surface area contributed by atoms with Gasteiger partial charge in [-0.05, 0) is 124 Å². The molecule has 6 bridgehead atoms. The number of rotatable bonds is 7. The predicted octanol–water partition coefficient (Wildman–Crippen LogP) is 7.47. The maximum absolute atomic E-state index is 7.24. The van der Waals surface area contributed by atoms with Crippen LogP contribution < -0.4 is 4.74 Å². The number of ether oxygens (including phenoxy) is 2. The Morgan fingerprint density at radius 2 is 1.47 bits per heavy atom. The number of benzene rings is 1. The quantitative estimate of drug-likeness (QED) is 0.436. The average molecular weight is 409 g/mol. The van der Waals surface area contributed by atoms with E-state index in [-0.39, 0.29) is 17.3 Å². The summed E-state index contributed by atoms with van der Waals surface area (Å²) in [4.78, 5) is 0. The van der Waals surface area contributed by atoms with Crippen molar-refractivity contribution in [2.24, 2.45) is 29.1 Å². The molecule has 0 N–H and O–H groups in total. The van der Waals surface area contributed by atoms with Crippen molar-refractivity contribution in [3.8, 4) is 5.75 Å². The molecule has 6 aliphatic carbocycles. The summed E-state index contributed by atoms with van der Waals surface area (Å²) in [5.41, 5.74) is 1.80. The predicted molar refractivity (Wildman–Crippen MR) is 121 cm³/mol. The largest absolute Gasteiger partial charge is 0.464 e. The minimum Gasteiger partial charge on any atom is -0.464 e. The molecule has 0 amide bonds. The second-order valence-electron chi connectivity index (χ2n) is 12.1. The Labute approximate surface area is 183 Å². The van der Waals surface area contributed by atoms with E-state index >= 15 is 0 Å². The smallest absolute Gasteiger partial charge is 0.206 e. The lowest BCUT2D eigenvalue weighted by Crippen LogP contribution is -2.56. The summed E-state index contributed by atoms with van der Waals surface area (Å²) in [6, 6.07) is 8.95. The molecule has 7 rings (SSSR count). The monoisotopic (exact) mass is 408 g/mol. The Morgan fingerprint density at radius 1 is 0.867 bits per heavy atom. The highest BCUT2D eigenvalue weighted by molar-refractivity contribution is 5.29. The number of hydrogen-bond acceptors (Lipinski definition) is 2. The Kier molecular flexibility index (Phi) is 4.75. The molecule has 0 saturated heterocycles. The second-order valence-corrected chi connectivity index (χ2v) is 12.1. The molecule has 2 nitrogen and oxygen atoms in total. The lowest BCUT2D eigenvalue weighted by atomic mass is 9.54. The van der Waals surface area contributed by atoms with Crippen LogP contribution in [0.5, 0.6) is 5.75 Å². The maximum Gasteiger partial charge on any atom is 0.206 e. The van der Waals surface area contributed by atoms with Gasteiger partial charge in [-0.1, -0.05) is 26.0 Å². The highest BCUT2D eigenvalue weighted by atomic mass is 16.7. The summed E-state index contributed by atoms with van der Waals surface area (Å²) >= 11 is 0. The highest BCUT2D eigenvalue weighted by Crippen LogP contribution is 2.61. The van der Waals surface area contributed by atoms with Gasteiger partial charge in [-0.2, -0.15) is 0 Å². The van der Waals surface area contributed by atoms with E-state index in [2.05, 4.69) is 38.1 Å². The minimum absolute atomic E-state index is 0.0456. The van der Waals surface area contributed by atoms with Crippen LogP contribution in [0.1, 0.15) is 102 Å². The maximum atomic E-state index is 7.24. The zero-order chi connectivity index (χ0) is 20.3. The van der Waals surface area contributed by atoms with Crippen LogP contribution in [0.2, 0.25) is 0 Å². The normalized spacial score (nSPS) is 43.1. The van der Waals surface area contributed by atoms with E-state index in [4.69, 9.17) is 9.47 Å². The molecule has 1 aromatic carbocycles. The Hall–Kier alpha value is -1.02. The third-order valence-electron chi connectivity index (χ3n) is 9.94. The van der Waals surface area contributed by atoms with Gasteiger partial charge in [0.2, 0.25) is 6.29 Å². The lowest BCUT2D eigenvalue weighted by Gasteiger charge is -2.57. The summed E-state index contributed by atoms with van der Waals surface area (Å²) in [7, 11) is 0. The molecule has 2 unspecified atom stereocenters. The van der Waals surface area contributed by atoms with Crippen molar-refractivity contribution in [2.45, 2.75) is 109 Å². The van der Waals surface area contributed by atoms with E-state index in [1.54, 1.807) is 0 Å². The van der Waals surface area contributed by atoms with Gasteiger partial charge in [-0.15, -0.1) is 0 Å². The molecule has 6 fully saturated rings. The van der Waals surface area contributed by atoms with Crippen molar-refractivity contribution in [1.82, 2.24) is 0 Å². The summed E-state index contributed by atoms with van der Waals surface area (Å²) in [6.07, 6.45) is 16.2. The van der Waals surface area contributed by atoms with Crippen LogP contribution in [0, 0.1) is 29.1 Å². The molecule has 1 aromatic rings. The van der Waals surface area contributed by atoms with E-state index in [1.807, 2.05) is 0 Å². The number of hydrogen-bond donors (Lipinski definition) is 0. The number of fused-ring (bicyclic) bond motifs is 2. The molecular formula is C28H40O2. The fourth-order valence-corrected chi connectivity index (χ4v) is 8.48. The van der Waals surface area contributed by atoms with Crippen LogP contribution in [0.15, 0.2) is 24.3 Å². The zero-order valence-corrected chi connectivity index (χ0v) is 19.1. The van der Waals surface area contributed by atoms with Gasteiger partial charge in [0.25, 0.3) is 0 Å². The van der Waals surface area contributed by atoms with Crippen molar-refractivity contribution in [2.75, 3.05) is 0 Å². The third-order valence-corrected chi connectivity index (χ3v) is 9.94. The molecule has 6 aliphatic rings. The molecule has 2 atom stereocenters. The van der Waals surface area contributed by atoms with Crippen LogP contribution >= 0.6 is 0 Å². The van der Waals surface area contributed by atoms with Crippen LogP contribution in [-0.2, 0) is 4.74 Å². The topological polar surface area (TPSA) is 18.5 Å². The first-order valence-electron chi connectivity index (χ1n) is 13.0. The molecular weight excluding hydrogens is 368 g/mol. The Morgan fingerprint density at radius 3 is 1.97 bits per heavy atom. The standard InChI is InChI=1S/C28H40O2/c1-3-19(2)24-4-6-25(7-5-24)29-26(27-10-8-20(15-27)9-11-27)30-28-16-21-12-22(17-28)14-23(13-21)18-28/h4-7,19-23,26H,3,8-18H2,1-2H3. The van der Waals surface area contributed by atoms with Crippen molar-refractivity contribution in [3.05, 3.63) is 29.8 Å². The van der Waals surface area contributed by atoms with Crippen LogP contribution in [0.3, 0.4) is 0 Å². The SMILES string of the molecule is CCC(C)c1ccc(OC(OC23CC4CC(CC(C4)C2)C3)C23CCC(CC2)C3)cc1. The molecule has 0 spiro atoms. The summed E-state index contributed by atoms with van der Waals surface area (Å²) < 4.78 is 14.0. The minimum atomic E-state index is -0.0456. The van der Waals surface area contributed by atoms with Crippen LogP contribution in [0.25, 0.3) is 0 Å². The molecule has 164 valence electrons. The van der Waals surface area contributed by atoms with Gasteiger partial charge in [-0.25, -0.2) is 0 Å². The fourth-order valence-electron chi connectivity index (χ4n) is 8.48. The van der Waals surface area contributed by atoms with Gasteiger partial charge >= 0.3 is 0 Å². The van der Waals surface area contributed by atoms with Crippen LogP contribution in [-0.4, -0.2) is 11.9 Å². The van der Waals surface area contributed by atoms with Crippen LogP contribution in [0.4, 0.5) is 0 Å². The van der Waals surface area contributed by atoms with Crippen molar-refractivity contribution in [3.63, 3.8) is 0 Å². The van der Waals surface area contributed by atoms with E-state index < -0.39 is 0 Å². The third kappa shape index (κ3) is 3.33. The fraction of sp³-hybridized carbons (Fsp3) is 0.786. The van der Waals surface area contributed by atoms with Crippen molar-refractivity contribution in [1.29, 1.82) is 0 Å². The van der Waals surface area contributed by atoms with Gasteiger partial charge in [-0.3, -0.25) is 0 Å². The van der Waals surface area contributed by atoms with E-state index in [9.17, 15) is 0 Å². The van der Waals surface area contributed by atoms with Gasteiger partial charge in [0.05, 0.1) is 5.60 Å². The van der Waals surface area contributed by atoms with E-state index in [0.29, 0.717) is 5.92 Å². The first kappa shape index (κ1) is 19.6. The Balaban J connectivity index is 1.26. The van der Waals surface area contributed by atoms with Gasteiger partial charge < -0.3 is 9.47 Å². The van der Waals surface area contributed by atoms with Gasteiger partial charge in [0.15, 0.2) is 0 Å². The van der Waals surface area contributed by atoms with E-state index in [1.165, 1.54) is 82.6 Å². The zero-order valence-electron chi connectivity index (χ0n) is 19.1. The molecule has 0 aliphatic heterocycles. The first-order chi connectivity index (χ1) is 14.5. The second kappa shape index (κ2) is 7.26. The Bertz CT molecular complexity index is 722. The summed E-state index contributed by atoms with van der Waals surface area (Å²) in [5, 5.41) is 0. The van der Waals surface area contributed by atoms with Gasteiger partial charge in [0.1, 0.15) is 5.75 Å². The van der Waals surface area contributed by atoms with E-state index in [0.717, 1.165) is 29.4 Å².